The quantitative estimate of drug-likeness (QED) is 0.886. The second kappa shape index (κ2) is 5.15. The summed E-state index contributed by atoms with van der Waals surface area (Å²) >= 11 is 6.13. The van der Waals surface area contributed by atoms with E-state index >= 15 is 0 Å². The summed E-state index contributed by atoms with van der Waals surface area (Å²) in [6.07, 6.45) is 3.62. The number of nitrogens with zero attached hydrogens (tertiary/aromatic N) is 1. The first-order valence-corrected chi connectivity index (χ1v) is 6.71. The number of amides is 1. The van der Waals surface area contributed by atoms with Gasteiger partial charge in [0.25, 0.3) is 0 Å². The molecule has 1 saturated heterocycles. The SMILES string of the molecule is O=C(Nc1ccc(Cl)c2cccnc12)[C@@H]1CCCN1. The van der Waals surface area contributed by atoms with Crippen molar-refractivity contribution in [3.05, 3.63) is 35.5 Å². The Morgan fingerprint density at radius 1 is 1.42 bits per heavy atom. The van der Waals surface area contributed by atoms with E-state index in [1.807, 2.05) is 12.1 Å². The van der Waals surface area contributed by atoms with Gasteiger partial charge in [-0.2, -0.15) is 0 Å². The molecule has 0 radical (unpaired) electrons. The molecule has 0 saturated carbocycles. The van der Waals surface area contributed by atoms with Crippen molar-refractivity contribution >= 4 is 34.1 Å². The number of pyridine rings is 1. The third-order valence-electron chi connectivity index (χ3n) is 3.35. The van der Waals surface area contributed by atoms with Gasteiger partial charge in [0.05, 0.1) is 22.3 Å². The number of anilines is 1. The minimum absolute atomic E-state index is 0.00762. The molecule has 2 heterocycles. The van der Waals surface area contributed by atoms with E-state index in [9.17, 15) is 4.79 Å². The van der Waals surface area contributed by atoms with Crippen LogP contribution in [0, 0.1) is 0 Å². The van der Waals surface area contributed by atoms with Gasteiger partial charge in [-0.1, -0.05) is 11.6 Å². The summed E-state index contributed by atoms with van der Waals surface area (Å²) in [5, 5.41) is 7.60. The van der Waals surface area contributed by atoms with Crippen LogP contribution >= 0.6 is 11.6 Å². The highest BCUT2D eigenvalue weighted by molar-refractivity contribution is 6.35. The number of aromatic nitrogens is 1. The van der Waals surface area contributed by atoms with Crippen LogP contribution in [0.25, 0.3) is 10.9 Å². The summed E-state index contributed by atoms with van der Waals surface area (Å²) in [7, 11) is 0. The van der Waals surface area contributed by atoms with Crippen LogP contribution in [0.2, 0.25) is 5.02 Å². The first-order valence-electron chi connectivity index (χ1n) is 6.33. The van der Waals surface area contributed by atoms with Crippen molar-refractivity contribution in [2.45, 2.75) is 18.9 Å². The maximum atomic E-state index is 12.1. The van der Waals surface area contributed by atoms with E-state index in [2.05, 4.69) is 15.6 Å². The molecule has 1 aliphatic heterocycles. The largest absolute Gasteiger partial charge is 0.323 e. The second-order valence-corrected chi connectivity index (χ2v) is 5.04. The number of benzene rings is 1. The van der Waals surface area contributed by atoms with E-state index < -0.39 is 0 Å². The molecule has 1 amide bonds. The number of fused-ring (bicyclic) bond motifs is 1. The Labute approximate surface area is 116 Å². The molecule has 1 aromatic heterocycles. The fourth-order valence-corrected chi connectivity index (χ4v) is 2.58. The molecular formula is C14H14ClN3O. The second-order valence-electron chi connectivity index (χ2n) is 4.63. The van der Waals surface area contributed by atoms with Crippen molar-refractivity contribution < 1.29 is 4.79 Å². The highest BCUT2D eigenvalue weighted by atomic mass is 35.5. The number of carbonyl (C=O) groups is 1. The highest BCUT2D eigenvalue weighted by Gasteiger charge is 2.22. The molecule has 98 valence electrons. The van der Waals surface area contributed by atoms with Gasteiger partial charge >= 0.3 is 0 Å². The molecule has 1 atom stereocenters. The maximum Gasteiger partial charge on any atom is 0.241 e. The van der Waals surface area contributed by atoms with Crippen LogP contribution in [0.1, 0.15) is 12.8 Å². The van der Waals surface area contributed by atoms with Crippen molar-refractivity contribution in [2.75, 3.05) is 11.9 Å². The Balaban J connectivity index is 1.92. The number of halogens is 1. The van der Waals surface area contributed by atoms with Crippen LogP contribution in [0.15, 0.2) is 30.5 Å². The third kappa shape index (κ3) is 2.41. The van der Waals surface area contributed by atoms with Gasteiger partial charge in [0.2, 0.25) is 5.91 Å². The summed E-state index contributed by atoms with van der Waals surface area (Å²) < 4.78 is 0. The molecule has 0 spiro atoms. The van der Waals surface area contributed by atoms with E-state index in [1.165, 1.54) is 0 Å². The first kappa shape index (κ1) is 12.4. The Bertz CT molecular complexity index is 623. The summed E-state index contributed by atoms with van der Waals surface area (Å²) in [5.41, 5.74) is 1.43. The van der Waals surface area contributed by atoms with Gasteiger partial charge < -0.3 is 10.6 Å². The van der Waals surface area contributed by atoms with Crippen LogP contribution in [-0.4, -0.2) is 23.5 Å². The number of nitrogens with one attached hydrogen (secondary N) is 2. The molecule has 19 heavy (non-hydrogen) atoms. The highest BCUT2D eigenvalue weighted by Crippen LogP contribution is 2.28. The van der Waals surface area contributed by atoms with E-state index in [1.54, 1.807) is 18.3 Å². The average Bonchev–Trinajstić information content (AvgIpc) is 2.96. The first-order chi connectivity index (χ1) is 9.25. The molecule has 2 N–H and O–H groups in total. The van der Waals surface area contributed by atoms with Gasteiger partial charge in [0.15, 0.2) is 0 Å². The molecule has 1 aromatic carbocycles. The molecule has 5 heteroatoms. The smallest absolute Gasteiger partial charge is 0.241 e. The monoisotopic (exact) mass is 275 g/mol. The van der Waals surface area contributed by atoms with Gasteiger partial charge in [0.1, 0.15) is 0 Å². The van der Waals surface area contributed by atoms with E-state index in [4.69, 9.17) is 11.6 Å². The minimum Gasteiger partial charge on any atom is -0.323 e. The van der Waals surface area contributed by atoms with Gasteiger partial charge in [0, 0.05) is 11.6 Å². The topological polar surface area (TPSA) is 54.0 Å². The van der Waals surface area contributed by atoms with Gasteiger partial charge in [-0.05, 0) is 43.7 Å². The molecule has 3 rings (SSSR count). The minimum atomic E-state index is -0.102. The molecule has 4 nitrogen and oxygen atoms in total. The van der Waals surface area contributed by atoms with Crippen LogP contribution in [0.4, 0.5) is 5.69 Å². The van der Waals surface area contributed by atoms with Gasteiger partial charge in [-0.25, -0.2) is 0 Å². The lowest BCUT2D eigenvalue weighted by Gasteiger charge is -2.13. The predicted molar refractivity (Wildman–Crippen MR) is 76.4 cm³/mol. The van der Waals surface area contributed by atoms with Crippen molar-refractivity contribution in [1.82, 2.24) is 10.3 Å². The number of hydrogen-bond acceptors (Lipinski definition) is 3. The zero-order valence-corrected chi connectivity index (χ0v) is 11.1. The van der Waals surface area contributed by atoms with Crippen molar-refractivity contribution in [3.8, 4) is 0 Å². The lowest BCUT2D eigenvalue weighted by Crippen LogP contribution is -2.35. The molecule has 1 aliphatic rings. The lowest BCUT2D eigenvalue weighted by molar-refractivity contribution is -0.117. The average molecular weight is 276 g/mol. The normalized spacial score (nSPS) is 18.7. The van der Waals surface area contributed by atoms with Crippen LogP contribution in [0.3, 0.4) is 0 Å². The molecule has 0 unspecified atom stereocenters. The Hall–Kier alpha value is -1.65. The summed E-state index contributed by atoms with van der Waals surface area (Å²) in [6, 6.07) is 7.20. The summed E-state index contributed by atoms with van der Waals surface area (Å²) in [6.45, 7) is 0.900. The van der Waals surface area contributed by atoms with Crippen LogP contribution in [0.5, 0.6) is 0 Å². The van der Waals surface area contributed by atoms with Crippen molar-refractivity contribution in [2.24, 2.45) is 0 Å². The Kier molecular flexibility index (Phi) is 3.36. The molecule has 0 aliphatic carbocycles. The van der Waals surface area contributed by atoms with E-state index in [-0.39, 0.29) is 11.9 Å². The third-order valence-corrected chi connectivity index (χ3v) is 3.68. The summed E-state index contributed by atoms with van der Waals surface area (Å²) in [5.74, 6) is -0.00762. The number of hydrogen-bond donors (Lipinski definition) is 2. The standard InChI is InChI=1S/C14H14ClN3O/c15-10-5-6-11(13-9(10)3-1-8-17-13)18-14(19)12-4-2-7-16-12/h1,3,5-6,8,12,16H,2,4,7H2,(H,18,19)/t12-/m0/s1. The zero-order valence-electron chi connectivity index (χ0n) is 10.3. The Morgan fingerprint density at radius 3 is 3.11 bits per heavy atom. The van der Waals surface area contributed by atoms with Gasteiger partial charge in [-0.15, -0.1) is 0 Å². The van der Waals surface area contributed by atoms with Crippen molar-refractivity contribution in [3.63, 3.8) is 0 Å². The molecule has 0 bridgehead atoms. The fraction of sp³-hybridized carbons (Fsp3) is 0.286. The Morgan fingerprint density at radius 2 is 2.32 bits per heavy atom. The maximum absolute atomic E-state index is 12.1. The van der Waals surface area contributed by atoms with E-state index in [0.29, 0.717) is 10.7 Å². The van der Waals surface area contributed by atoms with Crippen molar-refractivity contribution in [1.29, 1.82) is 0 Å². The number of rotatable bonds is 2. The van der Waals surface area contributed by atoms with Crippen LogP contribution < -0.4 is 10.6 Å². The lowest BCUT2D eigenvalue weighted by atomic mass is 10.1. The predicted octanol–water partition coefficient (Wildman–Crippen LogP) is 2.58. The molecular weight excluding hydrogens is 262 g/mol. The fourth-order valence-electron chi connectivity index (χ4n) is 2.37. The summed E-state index contributed by atoms with van der Waals surface area (Å²) in [4.78, 5) is 16.4. The van der Waals surface area contributed by atoms with Gasteiger partial charge in [-0.3, -0.25) is 9.78 Å². The number of carbonyl (C=O) groups excluding carboxylic acids is 1. The molecule has 1 fully saturated rings. The molecule has 2 aromatic rings. The van der Waals surface area contributed by atoms with E-state index in [0.717, 1.165) is 30.3 Å². The van der Waals surface area contributed by atoms with Crippen LogP contribution in [-0.2, 0) is 4.79 Å². The zero-order chi connectivity index (χ0) is 13.2.